The normalized spacial score (nSPS) is 24.1. The lowest BCUT2D eigenvalue weighted by Crippen LogP contribution is -2.46. The maximum atomic E-state index is 13.1. The zero-order valence-electron chi connectivity index (χ0n) is 14.2. The lowest BCUT2D eigenvalue weighted by atomic mass is 9.95. The SMILES string of the molecule is COc1cc(C)c(S(=O)(=O)N2CCC3NCCC3C2)cc1OC.Cl. The van der Waals surface area contributed by atoms with Crippen molar-refractivity contribution < 1.29 is 17.9 Å². The molecule has 0 saturated carbocycles. The van der Waals surface area contributed by atoms with Crippen LogP contribution in [0.5, 0.6) is 11.5 Å². The van der Waals surface area contributed by atoms with Gasteiger partial charge in [-0.3, -0.25) is 0 Å². The third kappa shape index (κ3) is 3.35. The number of benzene rings is 1. The predicted octanol–water partition coefficient (Wildman–Crippen LogP) is 1.81. The second-order valence-electron chi connectivity index (χ2n) is 6.23. The van der Waals surface area contributed by atoms with Crippen LogP contribution in [0.4, 0.5) is 0 Å². The van der Waals surface area contributed by atoms with Crippen LogP contribution in [0.3, 0.4) is 0 Å². The monoisotopic (exact) mass is 376 g/mol. The molecular weight excluding hydrogens is 352 g/mol. The second kappa shape index (κ2) is 7.47. The average Bonchev–Trinajstić information content (AvgIpc) is 3.01. The highest BCUT2D eigenvalue weighted by Gasteiger charge is 2.38. The van der Waals surface area contributed by atoms with Gasteiger partial charge in [0.05, 0.1) is 19.1 Å². The Labute approximate surface area is 150 Å². The van der Waals surface area contributed by atoms with E-state index in [9.17, 15) is 8.42 Å². The van der Waals surface area contributed by atoms with Crippen molar-refractivity contribution >= 4 is 22.4 Å². The van der Waals surface area contributed by atoms with Crippen LogP contribution in [0.1, 0.15) is 18.4 Å². The first kappa shape index (κ1) is 19.3. The molecule has 0 amide bonds. The second-order valence-corrected chi connectivity index (χ2v) is 8.14. The third-order valence-electron chi connectivity index (χ3n) is 4.92. The molecule has 0 radical (unpaired) electrons. The van der Waals surface area contributed by atoms with Crippen LogP contribution in [0.15, 0.2) is 17.0 Å². The summed E-state index contributed by atoms with van der Waals surface area (Å²) in [5, 5.41) is 3.46. The number of hydrogen-bond donors (Lipinski definition) is 1. The summed E-state index contributed by atoms with van der Waals surface area (Å²) in [6.45, 7) is 3.93. The van der Waals surface area contributed by atoms with Crippen LogP contribution < -0.4 is 14.8 Å². The van der Waals surface area contributed by atoms with Gasteiger partial charge in [-0.2, -0.15) is 4.31 Å². The molecule has 2 unspecified atom stereocenters. The topological polar surface area (TPSA) is 67.9 Å². The molecule has 1 aromatic carbocycles. The number of nitrogens with zero attached hydrogens (tertiary/aromatic N) is 1. The molecule has 2 aliphatic rings. The van der Waals surface area contributed by atoms with Crippen molar-refractivity contribution in [3.63, 3.8) is 0 Å². The molecule has 8 heteroatoms. The summed E-state index contributed by atoms with van der Waals surface area (Å²) in [6.07, 6.45) is 1.91. The van der Waals surface area contributed by atoms with Gasteiger partial charge >= 0.3 is 0 Å². The Bertz CT molecular complexity index is 696. The quantitative estimate of drug-likeness (QED) is 0.867. The Balaban J connectivity index is 0.00000208. The number of piperidine rings is 1. The molecule has 0 spiro atoms. The Morgan fingerprint density at radius 2 is 1.83 bits per heavy atom. The fraction of sp³-hybridized carbons (Fsp3) is 0.625. The van der Waals surface area contributed by atoms with Crippen LogP contribution in [-0.2, 0) is 10.0 Å². The zero-order valence-corrected chi connectivity index (χ0v) is 15.9. The van der Waals surface area contributed by atoms with Crippen molar-refractivity contribution in [2.75, 3.05) is 33.9 Å². The van der Waals surface area contributed by atoms with Gasteiger partial charge in [0.25, 0.3) is 0 Å². The number of hydrogen-bond acceptors (Lipinski definition) is 5. The van der Waals surface area contributed by atoms with Crippen LogP contribution in [0.2, 0.25) is 0 Å². The van der Waals surface area contributed by atoms with Crippen LogP contribution in [0.25, 0.3) is 0 Å². The van der Waals surface area contributed by atoms with E-state index < -0.39 is 10.0 Å². The molecule has 3 rings (SSSR count). The van der Waals surface area contributed by atoms with E-state index in [-0.39, 0.29) is 12.4 Å². The highest BCUT2D eigenvalue weighted by atomic mass is 35.5. The Morgan fingerprint density at radius 3 is 2.50 bits per heavy atom. The van der Waals surface area contributed by atoms with E-state index in [1.54, 1.807) is 30.5 Å². The fourth-order valence-electron chi connectivity index (χ4n) is 3.61. The Morgan fingerprint density at radius 1 is 1.17 bits per heavy atom. The summed E-state index contributed by atoms with van der Waals surface area (Å²) in [4.78, 5) is 0.305. The van der Waals surface area contributed by atoms with Gasteiger partial charge in [-0.05, 0) is 43.9 Å². The molecule has 24 heavy (non-hydrogen) atoms. The maximum Gasteiger partial charge on any atom is 0.243 e. The molecule has 1 N–H and O–H groups in total. The van der Waals surface area contributed by atoms with Crippen molar-refractivity contribution in [1.29, 1.82) is 0 Å². The van der Waals surface area contributed by atoms with Gasteiger partial charge in [0.15, 0.2) is 11.5 Å². The number of methoxy groups -OCH3 is 2. The highest BCUT2D eigenvalue weighted by Crippen LogP contribution is 2.35. The van der Waals surface area contributed by atoms with Gasteiger partial charge in [-0.25, -0.2) is 8.42 Å². The smallest absolute Gasteiger partial charge is 0.243 e. The average molecular weight is 377 g/mol. The number of sulfonamides is 1. The zero-order chi connectivity index (χ0) is 16.6. The van der Waals surface area contributed by atoms with E-state index >= 15 is 0 Å². The minimum Gasteiger partial charge on any atom is -0.493 e. The van der Waals surface area contributed by atoms with Gasteiger partial charge in [0, 0.05) is 25.2 Å². The highest BCUT2D eigenvalue weighted by molar-refractivity contribution is 7.89. The molecule has 136 valence electrons. The van der Waals surface area contributed by atoms with Gasteiger partial charge in [-0.1, -0.05) is 0 Å². The molecule has 2 heterocycles. The van der Waals surface area contributed by atoms with Crippen LogP contribution in [-0.4, -0.2) is 52.6 Å². The van der Waals surface area contributed by atoms with Gasteiger partial charge in [-0.15, -0.1) is 12.4 Å². The number of fused-ring (bicyclic) bond motifs is 1. The van der Waals surface area contributed by atoms with Gasteiger partial charge in [0.2, 0.25) is 10.0 Å². The number of ether oxygens (including phenoxy) is 2. The summed E-state index contributed by atoms with van der Waals surface area (Å²) in [7, 11) is -0.461. The summed E-state index contributed by atoms with van der Waals surface area (Å²) >= 11 is 0. The van der Waals surface area contributed by atoms with Crippen molar-refractivity contribution in [1.82, 2.24) is 9.62 Å². The molecule has 0 bridgehead atoms. The number of nitrogens with one attached hydrogen (secondary N) is 1. The maximum absolute atomic E-state index is 13.1. The third-order valence-corrected chi connectivity index (χ3v) is 6.92. The van der Waals surface area contributed by atoms with Crippen LogP contribution >= 0.6 is 12.4 Å². The molecule has 6 nitrogen and oxygen atoms in total. The molecule has 2 saturated heterocycles. The number of rotatable bonds is 4. The van der Waals surface area contributed by atoms with E-state index in [4.69, 9.17) is 9.47 Å². The van der Waals surface area contributed by atoms with Crippen LogP contribution in [0, 0.1) is 12.8 Å². The van der Waals surface area contributed by atoms with Crippen molar-refractivity contribution in [3.05, 3.63) is 17.7 Å². The first-order chi connectivity index (χ1) is 11.0. The van der Waals surface area contributed by atoms with E-state index in [1.807, 2.05) is 0 Å². The molecule has 0 aliphatic carbocycles. The fourth-order valence-corrected chi connectivity index (χ4v) is 5.34. The minimum atomic E-state index is -3.52. The lowest BCUT2D eigenvalue weighted by molar-refractivity contribution is 0.247. The Hall–Kier alpha value is -1.02. The van der Waals surface area contributed by atoms with Gasteiger partial charge < -0.3 is 14.8 Å². The van der Waals surface area contributed by atoms with Crippen molar-refractivity contribution in [2.24, 2.45) is 5.92 Å². The van der Waals surface area contributed by atoms with Crippen molar-refractivity contribution in [3.8, 4) is 11.5 Å². The summed E-state index contributed by atoms with van der Waals surface area (Å²) in [6, 6.07) is 3.76. The molecule has 1 aromatic rings. The van der Waals surface area contributed by atoms with E-state index in [0.29, 0.717) is 47.0 Å². The first-order valence-corrected chi connectivity index (χ1v) is 9.37. The summed E-state index contributed by atoms with van der Waals surface area (Å²) in [5.74, 6) is 1.40. The van der Waals surface area contributed by atoms with E-state index in [2.05, 4.69) is 5.32 Å². The van der Waals surface area contributed by atoms with E-state index in [1.165, 1.54) is 7.11 Å². The van der Waals surface area contributed by atoms with E-state index in [0.717, 1.165) is 19.4 Å². The van der Waals surface area contributed by atoms with Crippen molar-refractivity contribution in [2.45, 2.75) is 30.7 Å². The lowest BCUT2D eigenvalue weighted by Gasteiger charge is -2.34. The molecule has 2 atom stereocenters. The summed E-state index contributed by atoms with van der Waals surface area (Å²) < 4.78 is 38.3. The Kier molecular flexibility index (Phi) is 6.01. The summed E-state index contributed by atoms with van der Waals surface area (Å²) in [5.41, 5.74) is 0.675. The van der Waals surface area contributed by atoms with Gasteiger partial charge in [0.1, 0.15) is 0 Å². The minimum absolute atomic E-state index is 0. The first-order valence-electron chi connectivity index (χ1n) is 7.93. The number of aryl methyl sites for hydroxylation is 1. The predicted molar refractivity (Wildman–Crippen MR) is 94.8 cm³/mol. The number of halogens is 1. The standard InChI is InChI=1S/C16H24N2O4S.ClH/c1-11-8-14(21-2)15(22-3)9-16(11)23(19,20)18-7-5-13-12(10-18)4-6-17-13;/h8-9,12-13,17H,4-7,10H2,1-3H3;1H. The molecule has 2 aliphatic heterocycles. The molecular formula is C16H25ClN2O4S. The molecule has 0 aromatic heterocycles. The largest absolute Gasteiger partial charge is 0.493 e. The molecule has 2 fully saturated rings.